The SMILES string of the molecule is CCCCCC(C)(C)N([O-])C(C)(CC)CCC. The minimum atomic E-state index is -0.227. The molecule has 0 fully saturated rings. The third kappa shape index (κ3) is 4.97. The summed E-state index contributed by atoms with van der Waals surface area (Å²) < 4.78 is 0. The first-order valence-corrected chi connectivity index (χ1v) is 7.31. The minimum Gasteiger partial charge on any atom is -0.784 e. The van der Waals surface area contributed by atoms with E-state index in [1.54, 1.807) is 0 Å². The smallest absolute Gasteiger partial charge is 0.00628 e. The molecule has 0 aliphatic carbocycles. The van der Waals surface area contributed by atoms with Crippen LogP contribution < -0.4 is 0 Å². The second-order valence-electron chi connectivity index (χ2n) is 6.16. The second kappa shape index (κ2) is 7.38. The van der Waals surface area contributed by atoms with Crippen molar-refractivity contribution >= 4 is 0 Å². The van der Waals surface area contributed by atoms with Crippen molar-refractivity contribution in [3.63, 3.8) is 0 Å². The van der Waals surface area contributed by atoms with Crippen LogP contribution in [0.4, 0.5) is 0 Å². The fraction of sp³-hybridized carbons (Fsp3) is 1.00. The van der Waals surface area contributed by atoms with Gasteiger partial charge in [0.25, 0.3) is 0 Å². The summed E-state index contributed by atoms with van der Waals surface area (Å²) in [5, 5.41) is 14.0. The van der Waals surface area contributed by atoms with Crippen LogP contribution in [0.1, 0.15) is 86.5 Å². The van der Waals surface area contributed by atoms with Gasteiger partial charge >= 0.3 is 0 Å². The Morgan fingerprint density at radius 1 is 0.882 bits per heavy atom. The standard InChI is InChI=1S/C15H32NO/c1-7-10-11-13-14(4,5)16(17)15(6,9-3)12-8-2/h7-13H2,1-6H3/q-1. The zero-order valence-corrected chi connectivity index (χ0v) is 12.8. The van der Waals surface area contributed by atoms with Crippen LogP contribution in [0, 0.1) is 5.21 Å². The molecule has 0 saturated heterocycles. The van der Waals surface area contributed by atoms with Crippen molar-refractivity contribution in [2.75, 3.05) is 0 Å². The molecule has 0 saturated carbocycles. The largest absolute Gasteiger partial charge is 0.784 e. The number of hydroxylamine groups is 2. The van der Waals surface area contributed by atoms with Crippen LogP contribution in [0.3, 0.4) is 0 Å². The van der Waals surface area contributed by atoms with Crippen molar-refractivity contribution in [1.82, 2.24) is 5.06 Å². The molecule has 0 amide bonds. The number of hydrogen-bond acceptors (Lipinski definition) is 2. The van der Waals surface area contributed by atoms with E-state index >= 15 is 0 Å². The normalized spacial score (nSPS) is 16.2. The van der Waals surface area contributed by atoms with E-state index in [0.29, 0.717) is 0 Å². The third-order valence-corrected chi connectivity index (χ3v) is 3.98. The Morgan fingerprint density at radius 3 is 1.88 bits per heavy atom. The first-order chi connectivity index (χ1) is 7.84. The molecule has 0 heterocycles. The number of unbranched alkanes of at least 4 members (excludes halogenated alkanes) is 2. The molecule has 0 aromatic heterocycles. The molecule has 1 atom stereocenters. The summed E-state index contributed by atoms with van der Waals surface area (Å²) in [5.74, 6) is 0. The average Bonchev–Trinajstić information content (AvgIpc) is 2.28. The van der Waals surface area contributed by atoms with Gasteiger partial charge in [-0.1, -0.05) is 46.5 Å². The van der Waals surface area contributed by atoms with Gasteiger partial charge in [0.15, 0.2) is 0 Å². The zero-order chi connectivity index (χ0) is 13.5. The highest BCUT2D eigenvalue weighted by Crippen LogP contribution is 2.33. The maximum atomic E-state index is 12.6. The predicted molar refractivity (Wildman–Crippen MR) is 77.0 cm³/mol. The highest BCUT2D eigenvalue weighted by Gasteiger charge is 2.31. The van der Waals surface area contributed by atoms with E-state index in [0.717, 1.165) is 32.1 Å². The lowest BCUT2D eigenvalue weighted by Gasteiger charge is -2.56. The lowest BCUT2D eigenvalue weighted by Crippen LogP contribution is -2.53. The van der Waals surface area contributed by atoms with Gasteiger partial charge in [0, 0.05) is 11.1 Å². The van der Waals surface area contributed by atoms with E-state index in [2.05, 4.69) is 41.5 Å². The Hall–Kier alpha value is -0.0800. The van der Waals surface area contributed by atoms with Crippen LogP contribution in [0.2, 0.25) is 0 Å². The summed E-state index contributed by atoms with van der Waals surface area (Å²) in [4.78, 5) is 0. The summed E-state index contributed by atoms with van der Waals surface area (Å²) in [6.07, 6.45) is 7.61. The summed E-state index contributed by atoms with van der Waals surface area (Å²) in [7, 11) is 0. The Balaban J connectivity index is 4.56. The van der Waals surface area contributed by atoms with Gasteiger partial charge in [-0.15, -0.1) is 0 Å². The van der Waals surface area contributed by atoms with Crippen LogP contribution in [0.15, 0.2) is 0 Å². The number of hydrogen-bond donors (Lipinski definition) is 0. The van der Waals surface area contributed by atoms with Gasteiger partial charge in [-0.05, 0) is 40.0 Å². The van der Waals surface area contributed by atoms with Gasteiger partial charge < -0.3 is 10.3 Å². The first-order valence-electron chi connectivity index (χ1n) is 7.31. The maximum absolute atomic E-state index is 12.6. The van der Waals surface area contributed by atoms with Gasteiger partial charge in [-0.3, -0.25) is 0 Å². The highest BCUT2D eigenvalue weighted by molar-refractivity contribution is 4.94. The van der Waals surface area contributed by atoms with Crippen molar-refractivity contribution in [2.45, 2.75) is 97.6 Å². The molecule has 17 heavy (non-hydrogen) atoms. The molecule has 0 bridgehead atoms. The molecule has 0 aromatic carbocycles. The monoisotopic (exact) mass is 242 g/mol. The molecule has 2 heteroatoms. The second-order valence-corrected chi connectivity index (χ2v) is 6.16. The van der Waals surface area contributed by atoms with Gasteiger partial charge in [0.05, 0.1) is 0 Å². The molecular weight excluding hydrogens is 210 g/mol. The molecule has 0 aliphatic heterocycles. The first kappa shape index (κ1) is 16.9. The van der Waals surface area contributed by atoms with E-state index in [4.69, 9.17) is 0 Å². The van der Waals surface area contributed by atoms with Crippen molar-refractivity contribution < 1.29 is 0 Å². The van der Waals surface area contributed by atoms with E-state index < -0.39 is 0 Å². The molecular formula is C15H32NO-. The fourth-order valence-electron chi connectivity index (χ4n) is 2.60. The maximum Gasteiger partial charge on any atom is 0.00628 e. The molecule has 0 spiro atoms. The minimum absolute atomic E-state index is 0.190. The highest BCUT2D eigenvalue weighted by atomic mass is 16.5. The molecule has 0 rings (SSSR count). The molecule has 0 aromatic rings. The molecule has 1 unspecified atom stereocenters. The molecule has 2 nitrogen and oxygen atoms in total. The summed E-state index contributed by atoms with van der Waals surface area (Å²) >= 11 is 0. The van der Waals surface area contributed by atoms with Crippen molar-refractivity contribution in [2.24, 2.45) is 0 Å². The topological polar surface area (TPSA) is 26.3 Å². The lowest BCUT2D eigenvalue weighted by atomic mass is 9.86. The van der Waals surface area contributed by atoms with Gasteiger partial charge in [-0.25, -0.2) is 0 Å². The Morgan fingerprint density at radius 2 is 1.47 bits per heavy atom. The van der Waals surface area contributed by atoms with Crippen molar-refractivity contribution in [3.05, 3.63) is 5.21 Å². The summed E-state index contributed by atoms with van der Waals surface area (Å²) in [6, 6.07) is 0. The van der Waals surface area contributed by atoms with Gasteiger partial charge in [0.2, 0.25) is 0 Å². The quantitative estimate of drug-likeness (QED) is 0.414. The lowest BCUT2D eigenvalue weighted by molar-refractivity contribution is 0.0394. The Labute approximate surface area is 108 Å². The van der Waals surface area contributed by atoms with Gasteiger partial charge in [0.1, 0.15) is 0 Å². The molecule has 0 aliphatic rings. The average molecular weight is 242 g/mol. The zero-order valence-electron chi connectivity index (χ0n) is 12.8. The van der Waals surface area contributed by atoms with Crippen LogP contribution in [-0.4, -0.2) is 16.1 Å². The van der Waals surface area contributed by atoms with Crippen LogP contribution in [-0.2, 0) is 0 Å². The molecule has 0 N–H and O–H groups in total. The predicted octanol–water partition coefficient (Wildman–Crippen LogP) is 5.11. The van der Waals surface area contributed by atoms with Crippen molar-refractivity contribution in [3.8, 4) is 0 Å². The third-order valence-electron chi connectivity index (χ3n) is 3.98. The van der Waals surface area contributed by atoms with E-state index in [9.17, 15) is 5.21 Å². The van der Waals surface area contributed by atoms with E-state index in [1.807, 2.05) is 0 Å². The van der Waals surface area contributed by atoms with Crippen LogP contribution >= 0.6 is 0 Å². The Kier molecular flexibility index (Phi) is 7.34. The number of rotatable bonds is 9. The van der Waals surface area contributed by atoms with E-state index in [-0.39, 0.29) is 11.1 Å². The molecule has 0 radical (unpaired) electrons. The van der Waals surface area contributed by atoms with Gasteiger partial charge in [-0.2, -0.15) is 0 Å². The Bertz CT molecular complexity index is 203. The fourth-order valence-corrected chi connectivity index (χ4v) is 2.60. The van der Waals surface area contributed by atoms with Crippen molar-refractivity contribution in [1.29, 1.82) is 0 Å². The molecule has 104 valence electrons. The van der Waals surface area contributed by atoms with Crippen LogP contribution in [0.5, 0.6) is 0 Å². The van der Waals surface area contributed by atoms with Crippen LogP contribution in [0.25, 0.3) is 0 Å². The number of nitrogens with zero attached hydrogens (tertiary/aromatic N) is 1. The summed E-state index contributed by atoms with van der Waals surface area (Å²) in [6.45, 7) is 12.8. The van der Waals surface area contributed by atoms with E-state index in [1.165, 1.54) is 17.9 Å². The summed E-state index contributed by atoms with van der Waals surface area (Å²) in [5.41, 5.74) is -0.417.